The molecule has 16 heavy (non-hydrogen) atoms. The van der Waals surface area contributed by atoms with Crippen LogP contribution >= 0.6 is 0 Å². The number of aliphatic hydroxyl groups is 1. The lowest BCUT2D eigenvalue weighted by Gasteiger charge is -2.10. The maximum absolute atomic E-state index is 11.4. The molecule has 6 nitrogen and oxygen atoms in total. The molecule has 0 amide bonds. The quantitative estimate of drug-likeness (QED) is 0.574. The van der Waals surface area contributed by atoms with Gasteiger partial charge in [0.15, 0.2) is 0 Å². The highest BCUT2D eigenvalue weighted by atomic mass is 32.2. The molecule has 1 atom stereocenters. The number of hydrogen-bond acceptors (Lipinski definition) is 4. The third-order valence-electron chi connectivity index (χ3n) is 2.24. The minimum atomic E-state index is -3.38. The van der Waals surface area contributed by atoms with Crippen molar-refractivity contribution in [1.82, 2.24) is 14.7 Å². The van der Waals surface area contributed by atoms with Crippen molar-refractivity contribution < 1.29 is 13.5 Å². The van der Waals surface area contributed by atoms with Crippen LogP contribution in [0.25, 0.3) is 0 Å². The van der Waals surface area contributed by atoms with Gasteiger partial charge in [0.05, 0.1) is 11.9 Å². The van der Waals surface area contributed by atoms with Gasteiger partial charge >= 0.3 is 0 Å². The maximum atomic E-state index is 11.4. The summed E-state index contributed by atoms with van der Waals surface area (Å²) in [5, 5.41) is 7.98. The normalized spacial score (nSPS) is 13.9. The van der Waals surface area contributed by atoms with Gasteiger partial charge in [0.1, 0.15) is 5.82 Å². The van der Waals surface area contributed by atoms with Crippen LogP contribution in [-0.2, 0) is 16.4 Å². The number of H-pyrrole nitrogens is 1. The highest BCUT2D eigenvalue weighted by Crippen LogP contribution is 1.98. The molecular formula is C9H17N3O3S. The van der Waals surface area contributed by atoms with E-state index in [1.807, 2.05) is 0 Å². The molecule has 0 saturated carbocycles. The van der Waals surface area contributed by atoms with Crippen LogP contribution in [-0.4, -0.2) is 41.9 Å². The standard InChI is InChI=1S/C9H17N3O3S/c1-8(7-13)16(14,15)12-4-2-3-9-10-5-6-11-9/h5-6,8,12-13H,2-4,7H2,1H3,(H,10,11). The fourth-order valence-corrected chi connectivity index (χ4v) is 2.05. The van der Waals surface area contributed by atoms with Crippen LogP contribution in [0.3, 0.4) is 0 Å². The van der Waals surface area contributed by atoms with Crippen LogP contribution in [0.4, 0.5) is 0 Å². The maximum Gasteiger partial charge on any atom is 0.216 e. The fourth-order valence-electron chi connectivity index (χ4n) is 1.15. The van der Waals surface area contributed by atoms with Gasteiger partial charge in [0.2, 0.25) is 10.0 Å². The number of aromatic amines is 1. The van der Waals surface area contributed by atoms with Crippen molar-refractivity contribution in [2.45, 2.75) is 25.0 Å². The van der Waals surface area contributed by atoms with Gasteiger partial charge in [0.25, 0.3) is 0 Å². The zero-order valence-electron chi connectivity index (χ0n) is 9.18. The van der Waals surface area contributed by atoms with E-state index in [1.54, 1.807) is 12.4 Å². The van der Waals surface area contributed by atoms with Gasteiger partial charge in [-0.2, -0.15) is 0 Å². The Bertz CT molecular complexity index is 388. The SMILES string of the molecule is CC(CO)S(=O)(=O)NCCCc1ncc[nH]1. The van der Waals surface area contributed by atoms with Crippen molar-refractivity contribution in [1.29, 1.82) is 0 Å². The minimum absolute atomic E-state index is 0.355. The predicted molar refractivity (Wildman–Crippen MR) is 60.4 cm³/mol. The Morgan fingerprint density at radius 3 is 2.94 bits per heavy atom. The molecule has 0 aliphatic heterocycles. The Morgan fingerprint density at radius 1 is 1.62 bits per heavy atom. The van der Waals surface area contributed by atoms with Crippen LogP contribution in [0.1, 0.15) is 19.2 Å². The Labute approximate surface area is 95.2 Å². The second-order valence-corrected chi connectivity index (χ2v) is 5.76. The van der Waals surface area contributed by atoms with Crippen molar-refractivity contribution in [3.63, 3.8) is 0 Å². The molecular weight excluding hydrogens is 230 g/mol. The topological polar surface area (TPSA) is 95.1 Å². The number of sulfonamides is 1. The summed E-state index contributed by atoms with van der Waals surface area (Å²) in [6.45, 7) is 1.45. The number of nitrogens with one attached hydrogen (secondary N) is 2. The number of nitrogens with zero attached hydrogens (tertiary/aromatic N) is 1. The van der Waals surface area contributed by atoms with Crippen molar-refractivity contribution >= 4 is 10.0 Å². The lowest BCUT2D eigenvalue weighted by molar-refractivity contribution is 0.295. The molecule has 1 aromatic heterocycles. The van der Waals surface area contributed by atoms with Gasteiger partial charge in [-0.1, -0.05) is 0 Å². The average molecular weight is 247 g/mol. The number of aliphatic hydroxyl groups excluding tert-OH is 1. The number of aromatic nitrogens is 2. The van der Waals surface area contributed by atoms with E-state index in [2.05, 4.69) is 14.7 Å². The molecule has 0 bridgehead atoms. The van der Waals surface area contributed by atoms with E-state index in [1.165, 1.54) is 6.92 Å². The second-order valence-electron chi connectivity index (χ2n) is 3.57. The minimum Gasteiger partial charge on any atom is -0.395 e. The molecule has 3 N–H and O–H groups in total. The van der Waals surface area contributed by atoms with Crippen LogP contribution in [0.5, 0.6) is 0 Å². The summed E-state index contributed by atoms with van der Waals surface area (Å²) in [5.41, 5.74) is 0. The molecule has 0 fully saturated rings. The summed E-state index contributed by atoms with van der Waals surface area (Å²) in [6.07, 6.45) is 4.76. The smallest absolute Gasteiger partial charge is 0.216 e. The molecule has 1 heterocycles. The first-order chi connectivity index (χ1) is 7.56. The number of rotatable bonds is 7. The van der Waals surface area contributed by atoms with E-state index >= 15 is 0 Å². The van der Waals surface area contributed by atoms with Crippen molar-refractivity contribution in [3.05, 3.63) is 18.2 Å². The molecule has 1 aromatic rings. The molecule has 92 valence electrons. The first kappa shape index (κ1) is 13.1. The monoisotopic (exact) mass is 247 g/mol. The third kappa shape index (κ3) is 3.92. The Hall–Kier alpha value is -0.920. The third-order valence-corrected chi connectivity index (χ3v) is 4.05. The number of imidazole rings is 1. The van der Waals surface area contributed by atoms with E-state index in [9.17, 15) is 8.42 Å². The van der Waals surface area contributed by atoms with Gasteiger partial charge in [-0.3, -0.25) is 0 Å². The Balaban J connectivity index is 2.25. The molecule has 0 spiro atoms. The molecule has 0 aromatic carbocycles. The Kier molecular flexibility index (Phi) is 4.91. The summed E-state index contributed by atoms with van der Waals surface area (Å²) in [5.74, 6) is 0.842. The molecule has 0 aliphatic rings. The van der Waals surface area contributed by atoms with Gasteiger partial charge in [-0.05, 0) is 13.3 Å². The van der Waals surface area contributed by atoms with Gasteiger partial charge in [-0.25, -0.2) is 18.1 Å². The largest absolute Gasteiger partial charge is 0.395 e. The van der Waals surface area contributed by atoms with E-state index in [4.69, 9.17) is 5.11 Å². The average Bonchev–Trinajstić information content (AvgIpc) is 2.76. The lowest BCUT2D eigenvalue weighted by atomic mass is 10.3. The number of aryl methyl sites for hydroxylation is 1. The van der Waals surface area contributed by atoms with Crippen LogP contribution in [0.15, 0.2) is 12.4 Å². The molecule has 0 radical (unpaired) electrons. The molecule has 0 saturated heterocycles. The van der Waals surface area contributed by atoms with Crippen LogP contribution in [0.2, 0.25) is 0 Å². The molecule has 1 unspecified atom stereocenters. The van der Waals surface area contributed by atoms with E-state index in [0.29, 0.717) is 19.4 Å². The summed E-state index contributed by atoms with van der Waals surface area (Å²) in [4.78, 5) is 6.97. The first-order valence-electron chi connectivity index (χ1n) is 5.14. The van der Waals surface area contributed by atoms with Crippen LogP contribution < -0.4 is 4.72 Å². The Morgan fingerprint density at radius 2 is 2.38 bits per heavy atom. The van der Waals surface area contributed by atoms with Gasteiger partial charge < -0.3 is 10.1 Å². The number of hydrogen-bond donors (Lipinski definition) is 3. The zero-order chi connectivity index (χ0) is 12.0. The summed E-state index contributed by atoms with van der Waals surface area (Å²) in [6, 6.07) is 0. The fraction of sp³-hybridized carbons (Fsp3) is 0.667. The zero-order valence-corrected chi connectivity index (χ0v) is 10.00. The predicted octanol–water partition coefficient (Wildman–Crippen LogP) is -0.357. The van der Waals surface area contributed by atoms with E-state index < -0.39 is 15.3 Å². The van der Waals surface area contributed by atoms with Crippen molar-refractivity contribution in [2.24, 2.45) is 0 Å². The summed E-state index contributed by atoms with van der Waals surface area (Å²) >= 11 is 0. The highest BCUT2D eigenvalue weighted by Gasteiger charge is 2.18. The highest BCUT2D eigenvalue weighted by molar-refractivity contribution is 7.90. The van der Waals surface area contributed by atoms with Gasteiger partial charge in [0, 0.05) is 25.4 Å². The van der Waals surface area contributed by atoms with Crippen molar-refractivity contribution in [2.75, 3.05) is 13.2 Å². The molecule has 1 rings (SSSR count). The van der Waals surface area contributed by atoms with E-state index in [0.717, 1.165) is 5.82 Å². The second kappa shape index (κ2) is 5.97. The van der Waals surface area contributed by atoms with E-state index in [-0.39, 0.29) is 6.61 Å². The van der Waals surface area contributed by atoms with Gasteiger partial charge in [-0.15, -0.1) is 0 Å². The summed E-state index contributed by atoms with van der Waals surface area (Å²) in [7, 11) is -3.38. The first-order valence-corrected chi connectivity index (χ1v) is 6.68. The summed E-state index contributed by atoms with van der Waals surface area (Å²) < 4.78 is 25.3. The molecule has 7 heteroatoms. The van der Waals surface area contributed by atoms with Crippen LogP contribution in [0, 0.1) is 0 Å². The molecule has 0 aliphatic carbocycles. The lowest BCUT2D eigenvalue weighted by Crippen LogP contribution is -2.35. The van der Waals surface area contributed by atoms with Crippen molar-refractivity contribution in [3.8, 4) is 0 Å².